The zero-order valence-corrected chi connectivity index (χ0v) is 11.4. The Morgan fingerprint density at radius 3 is 2.84 bits per heavy atom. The van der Waals surface area contributed by atoms with Crippen LogP contribution in [0.1, 0.15) is 33.1 Å². The Bertz CT molecular complexity index is 447. The van der Waals surface area contributed by atoms with Crippen LogP contribution in [0.25, 0.3) is 0 Å². The van der Waals surface area contributed by atoms with E-state index in [1.807, 2.05) is 13.0 Å². The zero-order chi connectivity index (χ0) is 14.0. The summed E-state index contributed by atoms with van der Waals surface area (Å²) in [6.07, 6.45) is 5.19. The third kappa shape index (κ3) is 2.95. The molecule has 19 heavy (non-hydrogen) atoms. The average Bonchev–Trinajstić information content (AvgIpc) is 2.63. The summed E-state index contributed by atoms with van der Waals surface area (Å²) in [6, 6.07) is 0. The molecule has 2 aliphatic rings. The van der Waals surface area contributed by atoms with E-state index in [0.29, 0.717) is 6.42 Å². The number of carbonyl (C=O) groups excluding carboxylic acids is 2. The van der Waals surface area contributed by atoms with E-state index in [9.17, 15) is 14.7 Å². The van der Waals surface area contributed by atoms with Gasteiger partial charge in [-0.05, 0) is 31.4 Å². The van der Waals surface area contributed by atoms with Crippen molar-refractivity contribution in [2.45, 2.75) is 39.2 Å². The van der Waals surface area contributed by atoms with Crippen LogP contribution in [0.3, 0.4) is 0 Å². The second-order valence-corrected chi connectivity index (χ2v) is 5.43. The highest BCUT2D eigenvalue weighted by Gasteiger charge is 2.44. The number of hydrogen-bond acceptors (Lipinski definition) is 4. The third-order valence-electron chi connectivity index (χ3n) is 3.90. The minimum Gasteiger partial charge on any atom is -0.457 e. The zero-order valence-electron chi connectivity index (χ0n) is 11.4. The molecule has 0 aromatic rings. The van der Waals surface area contributed by atoms with Crippen molar-refractivity contribution in [3.05, 3.63) is 23.3 Å². The fourth-order valence-corrected chi connectivity index (χ4v) is 2.76. The summed E-state index contributed by atoms with van der Waals surface area (Å²) in [4.78, 5) is 24.0. The standard InChI is InChI=1S/C15H20O4/c1-9-4-3-5-11(8-16)7-13-14(12(17)6-9)10(2)15(18)19-13/h4,7,10,13-14,16H,3,5-6,8H2,1-2H3/b9-4-,11-7+/t10-,13+,14+/m0/s1. The van der Waals surface area contributed by atoms with Gasteiger partial charge in [0.1, 0.15) is 11.9 Å². The average molecular weight is 264 g/mol. The summed E-state index contributed by atoms with van der Waals surface area (Å²) >= 11 is 0. The highest BCUT2D eigenvalue weighted by atomic mass is 16.6. The number of aliphatic hydroxyl groups excluding tert-OH is 1. The molecule has 2 rings (SSSR count). The molecule has 3 atom stereocenters. The maximum atomic E-state index is 12.3. The smallest absolute Gasteiger partial charge is 0.310 e. The maximum Gasteiger partial charge on any atom is 0.310 e. The van der Waals surface area contributed by atoms with Crippen LogP contribution in [-0.4, -0.2) is 29.6 Å². The Hall–Kier alpha value is -1.42. The van der Waals surface area contributed by atoms with Gasteiger partial charge in [0.15, 0.2) is 0 Å². The number of hydrogen-bond donors (Lipinski definition) is 1. The lowest BCUT2D eigenvalue weighted by atomic mass is 9.83. The first kappa shape index (κ1) is 14.0. The van der Waals surface area contributed by atoms with Gasteiger partial charge >= 0.3 is 5.97 Å². The molecule has 4 nitrogen and oxygen atoms in total. The van der Waals surface area contributed by atoms with E-state index in [4.69, 9.17) is 4.74 Å². The molecule has 0 aromatic heterocycles. The largest absolute Gasteiger partial charge is 0.457 e. The second kappa shape index (κ2) is 5.70. The van der Waals surface area contributed by atoms with Gasteiger partial charge in [-0.2, -0.15) is 0 Å². The second-order valence-electron chi connectivity index (χ2n) is 5.43. The van der Waals surface area contributed by atoms with Gasteiger partial charge < -0.3 is 9.84 Å². The van der Waals surface area contributed by atoms with E-state index in [0.717, 1.165) is 24.0 Å². The van der Waals surface area contributed by atoms with Crippen LogP contribution in [0.5, 0.6) is 0 Å². The van der Waals surface area contributed by atoms with Gasteiger partial charge in [-0.15, -0.1) is 0 Å². The fraction of sp³-hybridized carbons (Fsp3) is 0.600. The molecule has 0 radical (unpaired) electrons. The van der Waals surface area contributed by atoms with E-state index < -0.39 is 17.9 Å². The van der Waals surface area contributed by atoms with Gasteiger partial charge in [0.05, 0.1) is 18.4 Å². The molecular formula is C15H20O4. The van der Waals surface area contributed by atoms with Gasteiger partial charge in [0, 0.05) is 6.42 Å². The highest BCUT2D eigenvalue weighted by Crippen LogP contribution is 2.33. The number of aliphatic hydroxyl groups is 1. The van der Waals surface area contributed by atoms with Gasteiger partial charge in [-0.1, -0.05) is 18.6 Å². The number of rotatable bonds is 1. The molecule has 1 N–H and O–H groups in total. The molecule has 1 aliphatic heterocycles. The third-order valence-corrected chi connectivity index (χ3v) is 3.90. The monoisotopic (exact) mass is 264 g/mol. The summed E-state index contributed by atoms with van der Waals surface area (Å²) in [6.45, 7) is 3.61. The summed E-state index contributed by atoms with van der Waals surface area (Å²) in [7, 11) is 0. The normalized spacial score (nSPS) is 37.7. The van der Waals surface area contributed by atoms with Crippen molar-refractivity contribution in [3.63, 3.8) is 0 Å². The number of ether oxygens (including phenoxy) is 1. The van der Waals surface area contributed by atoms with Gasteiger partial charge in [-0.25, -0.2) is 0 Å². The summed E-state index contributed by atoms with van der Waals surface area (Å²) in [5.41, 5.74) is 1.85. The van der Waals surface area contributed by atoms with Crippen molar-refractivity contribution in [2.75, 3.05) is 6.61 Å². The Morgan fingerprint density at radius 1 is 1.42 bits per heavy atom. The fourth-order valence-electron chi connectivity index (χ4n) is 2.76. The molecule has 4 heteroatoms. The summed E-state index contributed by atoms with van der Waals surface area (Å²) in [5.74, 6) is -1.10. The van der Waals surface area contributed by atoms with E-state index in [1.165, 1.54) is 0 Å². The summed E-state index contributed by atoms with van der Waals surface area (Å²) in [5, 5.41) is 9.34. The lowest BCUT2D eigenvalue weighted by Gasteiger charge is -2.18. The Morgan fingerprint density at radius 2 is 2.16 bits per heavy atom. The topological polar surface area (TPSA) is 63.6 Å². The summed E-state index contributed by atoms with van der Waals surface area (Å²) < 4.78 is 5.28. The Kier molecular flexibility index (Phi) is 4.20. The van der Waals surface area contributed by atoms with Gasteiger partial charge in [-0.3, -0.25) is 9.59 Å². The first-order valence-electron chi connectivity index (χ1n) is 6.72. The van der Waals surface area contributed by atoms with E-state index in [1.54, 1.807) is 13.0 Å². The first-order chi connectivity index (χ1) is 9.02. The Labute approximate surface area is 113 Å². The molecule has 0 unspecified atom stereocenters. The molecule has 104 valence electrons. The van der Waals surface area contributed by atoms with Crippen LogP contribution >= 0.6 is 0 Å². The van der Waals surface area contributed by atoms with Crippen molar-refractivity contribution >= 4 is 11.8 Å². The Balaban J connectivity index is 2.34. The molecule has 1 saturated heterocycles. The van der Waals surface area contributed by atoms with Crippen molar-refractivity contribution < 1.29 is 19.4 Å². The molecule has 0 saturated carbocycles. The predicted octanol–water partition coefficient (Wildman–Crippen LogP) is 1.78. The van der Waals surface area contributed by atoms with Crippen LogP contribution in [0.4, 0.5) is 0 Å². The molecule has 0 bridgehead atoms. The number of carbonyl (C=O) groups is 2. The minimum atomic E-state index is -0.511. The molecular weight excluding hydrogens is 244 g/mol. The van der Waals surface area contributed by atoms with Crippen molar-refractivity contribution in [1.29, 1.82) is 0 Å². The number of Topliss-reactive ketones (excluding diaryl/α,β-unsaturated/α-hetero) is 1. The molecule has 1 aliphatic carbocycles. The van der Waals surface area contributed by atoms with E-state index in [-0.39, 0.29) is 18.4 Å². The van der Waals surface area contributed by atoms with Gasteiger partial charge in [0.2, 0.25) is 0 Å². The highest BCUT2D eigenvalue weighted by molar-refractivity contribution is 5.91. The van der Waals surface area contributed by atoms with Crippen LogP contribution < -0.4 is 0 Å². The van der Waals surface area contributed by atoms with E-state index >= 15 is 0 Å². The van der Waals surface area contributed by atoms with Crippen molar-refractivity contribution in [2.24, 2.45) is 11.8 Å². The lowest BCUT2D eigenvalue weighted by Crippen LogP contribution is -2.28. The molecule has 0 amide bonds. The molecule has 1 fully saturated rings. The lowest BCUT2D eigenvalue weighted by molar-refractivity contribution is -0.142. The molecule has 0 spiro atoms. The number of ketones is 1. The quantitative estimate of drug-likeness (QED) is 0.579. The number of esters is 1. The van der Waals surface area contributed by atoms with Crippen LogP contribution in [0.2, 0.25) is 0 Å². The number of fused-ring (bicyclic) bond motifs is 1. The minimum absolute atomic E-state index is 0.0486. The maximum absolute atomic E-state index is 12.3. The van der Waals surface area contributed by atoms with Crippen LogP contribution in [-0.2, 0) is 14.3 Å². The first-order valence-corrected chi connectivity index (χ1v) is 6.72. The van der Waals surface area contributed by atoms with E-state index in [2.05, 4.69) is 0 Å². The predicted molar refractivity (Wildman–Crippen MR) is 70.3 cm³/mol. The SMILES string of the molecule is C/C1=C/CC/C(CO)=C\[C@H]2OC(=O)[C@@H](C)[C@@H]2C(=O)C1. The molecule has 0 aromatic carbocycles. The molecule has 1 heterocycles. The van der Waals surface area contributed by atoms with Gasteiger partial charge in [0.25, 0.3) is 0 Å². The van der Waals surface area contributed by atoms with Crippen molar-refractivity contribution in [1.82, 2.24) is 0 Å². The number of allylic oxidation sites excluding steroid dienone is 2. The van der Waals surface area contributed by atoms with Crippen LogP contribution in [0.15, 0.2) is 23.3 Å². The van der Waals surface area contributed by atoms with Crippen LogP contribution in [0, 0.1) is 11.8 Å². The van der Waals surface area contributed by atoms with Crippen molar-refractivity contribution in [3.8, 4) is 0 Å².